The van der Waals surface area contributed by atoms with E-state index in [4.69, 9.17) is 10.5 Å². The Bertz CT molecular complexity index is 738. The van der Waals surface area contributed by atoms with Gasteiger partial charge in [0, 0.05) is 13.0 Å². The topological polar surface area (TPSA) is 143 Å². The summed E-state index contributed by atoms with van der Waals surface area (Å²) < 4.78 is 5.62. The van der Waals surface area contributed by atoms with Crippen LogP contribution in [-0.4, -0.2) is 60.7 Å². The molecular formula is C22H34N4O5. The first-order chi connectivity index (χ1) is 14.8. The number of fused-ring (bicyclic) bond motifs is 12. The third-order valence-electron chi connectivity index (χ3n) is 5.09. The number of nitrogens with one attached hydrogen (secondary N) is 3. The molecule has 0 saturated carbocycles. The molecule has 172 valence electrons. The van der Waals surface area contributed by atoms with E-state index in [1.54, 1.807) is 0 Å². The third-order valence-corrected chi connectivity index (χ3v) is 5.09. The Labute approximate surface area is 183 Å². The lowest BCUT2D eigenvalue weighted by Gasteiger charge is -2.26. The van der Waals surface area contributed by atoms with Crippen LogP contribution < -0.4 is 26.4 Å². The van der Waals surface area contributed by atoms with Crippen LogP contribution in [0.3, 0.4) is 0 Å². The number of carbonyl (C=O) groups is 3. The lowest BCUT2D eigenvalue weighted by atomic mass is 10.00. The molecule has 6 N–H and O–H groups in total. The summed E-state index contributed by atoms with van der Waals surface area (Å²) >= 11 is 0. The van der Waals surface area contributed by atoms with E-state index < -0.39 is 35.9 Å². The zero-order valence-corrected chi connectivity index (χ0v) is 18.2. The van der Waals surface area contributed by atoms with E-state index >= 15 is 0 Å². The SMILES string of the molecule is CC(C)CCNC[C@@H](O)[C@@H]1Cc2ccc(cc2)OCCCC(=O)N[C@@H](C(N)=O)C(=O)N1. The second kappa shape index (κ2) is 12.3. The fourth-order valence-electron chi connectivity index (χ4n) is 3.23. The highest BCUT2D eigenvalue weighted by Crippen LogP contribution is 2.15. The first-order valence-electron chi connectivity index (χ1n) is 10.8. The van der Waals surface area contributed by atoms with E-state index in [2.05, 4.69) is 29.8 Å². The number of rotatable bonds is 7. The van der Waals surface area contributed by atoms with E-state index in [1.165, 1.54) is 0 Å². The molecule has 2 heterocycles. The number of primary amides is 1. The van der Waals surface area contributed by atoms with Gasteiger partial charge in [-0.3, -0.25) is 14.4 Å². The zero-order chi connectivity index (χ0) is 22.8. The van der Waals surface area contributed by atoms with Crippen molar-refractivity contribution in [1.82, 2.24) is 16.0 Å². The third kappa shape index (κ3) is 8.55. The molecule has 0 spiro atoms. The van der Waals surface area contributed by atoms with Gasteiger partial charge in [0.15, 0.2) is 6.04 Å². The summed E-state index contributed by atoms with van der Waals surface area (Å²) in [5.41, 5.74) is 6.23. The Kier molecular flexibility index (Phi) is 9.74. The molecule has 2 aliphatic heterocycles. The van der Waals surface area contributed by atoms with Crippen LogP contribution in [0.1, 0.15) is 38.7 Å². The van der Waals surface area contributed by atoms with Crippen molar-refractivity contribution in [2.45, 2.75) is 57.7 Å². The van der Waals surface area contributed by atoms with Gasteiger partial charge >= 0.3 is 0 Å². The number of aliphatic hydroxyl groups excluding tert-OH is 1. The van der Waals surface area contributed by atoms with E-state index in [9.17, 15) is 19.5 Å². The lowest BCUT2D eigenvalue weighted by Crippen LogP contribution is -2.58. The molecule has 3 amide bonds. The summed E-state index contributed by atoms with van der Waals surface area (Å²) in [6.07, 6.45) is 0.886. The number of nitrogens with two attached hydrogens (primary N) is 1. The van der Waals surface area contributed by atoms with Crippen LogP contribution in [0.25, 0.3) is 0 Å². The zero-order valence-electron chi connectivity index (χ0n) is 18.2. The monoisotopic (exact) mass is 434 g/mol. The molecule has 3 atom stereocenters. The number of hydrogen-bond donors (Lipinski definition) is 5. The summed E-state index contributed by atoms with van der Waals surface area (Å²) in [7, 11) is 0. The Morgan fingerprint density at radius 3 is 2.61 bits per heavy atom. The molecule has 9 heteroatoms. The quantitative estimate of drug-likeness (QED) is 0.298. The largest absolute Gasteiger partial charge is 0.494 e. The summed E-state index contributed by atoms with van der Waals surface area (Å²) in [6, 6.07) is 5.16. The standard InChI is InChI=1S/C22H34N4O5/c1-14(2)9-10-24-13-18(27)17-12-15-5-7-16(8-6-15)31-11-3-4-19(28)26-20(21(23)29)22(30)25-17/h5-8,14,17-18,20,24,27H,3-4,9-13H2,1-2H3,(H2,23,29)(H,25,30)(H,26,28)/t17-,18+,20-/m0/s1. The minimum absolute atomic E-state index is 0.0843. The number of ether oxygens (including phenoxy) is 1. The lowest BCUT2D eigenvalue weighted by molar-refractivity contribution is -0.136. The highest BCUT2D eigenvalue weighted by molar-refractivity contribution is 6.06. The maximum Gasteiger partial charge on any atom is 0.252 e. The maximum atomic E-state index is 12.7. The van der Waals surface area contributed by atoms with Crippen molar-refractivity contribution in [3.63, 3.8) is 0 Å². The molecule has 9 nitrogen and oxygen atoms in total. The second-order valence-corrected chi connectivity index (χ2v) is 8.27. The van der Waals surface area contributed by atoms with Crippen LogP contribution in [0, 0.1) is 5.92 Å². The minimum atomic E-state index is -1.51. The van der Waals surface area contributed by atoms with Crippen molar-refractivity contribution in [2.75, 3.05) is 19.7 Å². The summed E-state index contributed by atoms with van der Waals surface area (Å²) in [6.45, 7) is 5.56. The molecule has 0 unspecified atom stereocenters. The van der Waals surface area contributed by atoms with E-state index in [1.807, 2.05) is 24.3 Å². The van der Waals surface area contributed by atoms with Crippen LogP contribution >= 0.6 is 0 Å². The predicted octanol–water partition coefficient (Wildman–Crippen LogP) is -0.147. The summed E-state index contributed by atoms with van der Waals surface area (Å²) in [5, 5.41) is 19.0. The first kappa shape index (κ1) is 24.6. The number of amides is 3. The fraction of sp³-hybridized carbons (Fsp3) is 0.591. The Morgan fingerprint density at radius 2 is 1.97 bits per heavy atom. The van der Waals surface area contributed by atoms with Gasteiger partial charge in [-0.25, -0.2) is 0 Å². The smallest absolute Gasteiger partial charge is 0.252 e. The van der Waals surface area contributed by atoms with Gasteiger partial charge in [0.05, 0.1) is 18.8 Å². The van der Waals surface area contributed by atoms with Crippen molar-refractivity contribution >= 4 is 17.7 Å². The molecule has 0 aromatic heterocycles. The Hall–Kier alpha value is -2.65. The summed E-state index contributed by atoms with van der Waals surface area (Å²) in [5.74, 6) is -0.970. The van der Waals surface area contributed by atoms with Crippen LogP contribution in [-0.2, 0) is 20.8 Å². The number of hydrogen-bond acceptors (Lipinski definition) is 6. The first-order valence-corrected chi connectivity index (χ1v) is 10.8. The van der Waals surface area contributed by atoms with Gasteiger partial charge in [-0.2, -0.15) is 0 Å². The molecule has 2 bridgehead atoms. The molecular weight excluding hydrogens is 400 g/mol. The van der Waals surface area contributed by atoms with E-state index in [0.717, 1.165) is 18.5 Å². The van der Waals surface area contributed by atoms with Gasteiger partial charge in [-0.15, -0.1) is 0 Å². The highest BCUT2D eigenvalue weighted by atomic mass is 16.5. The molecule has 1 aromatic rings. The average Bonchev–Trinajstić information content (AvgIpc) is 2.72. The Balaban J connectivity index is 2.18. The van der Waals surface area contributed by atoms with Crippen LogP contribution in [0.2, 0.25) is 0 Å². The van der Waals surface area contributed by atoms with Crippen molar-refractivity contribution < 1.29 is 24.2 Å². The number of benzene rings is 1. The van der Waals surface area contributed by atoms with Crippen molar-refractivity contribution in [3.05, 3.63) is 29.8 Å². The van der Waals surface area contributed by atoms with Crippen molar-refractivity contribution in [2.24, 2.45) is 11.7 Å². The van der Waals surface area contributed by atoms with E-state index in [-0.39, 0.29) is 13.0 Å². The van der Waals surface area contributed by atoms with Gasteiger partial charge in [0.2, 0.25) is 11.8 Å². The minimum Gasteiger partial charge on any atom is -0.494 e. The average molecular weight is 435 g/mol. The maximum absolute atomic E-state index is 12.7. The van der Waals surface area contributed by atoms with Crippen LogP contribution in [0.5, 0.6) is 5.75 Å². The predicted molar refractivity (Wildman–Crippen MR) is 116 cm³/mol. The van der Waals surface area contributed by atoms with Crippen molar-refractivity contribution in [1.29, 1.82) is 0 Å². The molecule has 3 rings (SSSR count). The van der Waals surface area contributed by atoms with Crippen LogP contribution in [0.15, 0.2) is 24.3 Å². The van der Waals surface area contributed by atoms with Gasteiger partial charge in [0.1, 0.15) is 5.75 Å². The van der Waals surface area contributed by atoms with Gasteiger partial charge in [-0.05, 0) is 49.4 Å². The summed E-state index contributed by atoms with van der Waals surface area (Å²) in [4.78, 5) is 36.7. The fourth-order valence-corrected chi connectivity index (χ4v) is 3.23. The number of aliphatic hydroxyl groups is 1. The Morgan fingerprint density at radius 1 is 1.26 bits per heavy atom. The van der Waals surface area contributed by atoms with Crippen LogP contribution in [0.4, 0.5) is 0 Å². The van der Waals surface area contributed by atoms with Crippen molar-refractivity contribution in [3.8, 4) is 5.75 Å². The highest BCUT2D eigenvalue weighted by Gasteiger charge is 2.30. The van der Waals surface area contributed by atoms with Gasteiger partial charge < -0.3 is 31.5 Å². The molecule has 0 fully saturated rings. The van der Waals surface area contributed by atoms with E-state index in [0.29, 0.717) is 31.1 Å². The normalized spacial score (nSPS) is 21.4. The molecule has 2 aliphatic rings. The van der Waals surface area contributed by atoms with Gasteiger partial charge in [0.25, 0.3) is 5.91 Å². The van der Waals surface area contributed by atoms with Gasteiger partial charge in [-0.1, -0.05) is 26.0 Å². The number of carbonyl (C=O) groups excluding carboxylic acids is 3. The molecule has 0 aliphatic carbocycles. The molecule has 0 radical (unpaired) electrons. The molecule has 0 saturated heterocycles. The second-order valence-electron chi connectivity index (χ2n) is 8.27. The molecule has 1 aromatic carbocycles. The molecule has 31 heavy (non-hydrogen) atoms.